The van der Waals surface area contributed by atoms with Gasteiger partial charge in [-0.05, 0) is 23.3 Å². The number of oxazole rings is 1. The molecule has 5 nitrogen and oxygen atoms in total. The highest BCUT2D eigenvalue weighted by Gasteiger charge is 2.22. The normalized spacial score (nSPS) is 11.8. The maximum Gasteiger partial charge on any atom is 0.251 e. The van der Waals surface area contributed by atoms with E-state index < -0.39 is 0 Å². The van der Waals surface area contributed by atoms with E-state index in [1.54, 1.807) is 6.20 Å². The summed E-state index contributed by atoms with van der Waals surface area (Å²) in [5, 5.41) is 7.74. The molecule has 0 aliphatic carbocycles. The number of aromatic amines is 1. The van der Waals surface area contributed by atoms with E-state index in [0.717, 1.165) is 11.1 Å². The smallest absolute Gasteiger partial charge is 0.251 e. The van der Waals surface area contributed by atoms with Crippen molar-refractivity contribution in [2.45, 2.75) is 26.2 Å². The van der Waals surface area contributed by atoms with Gasteiger partial charge in [0, 0.05) is 10.8 Å². The van der Waals surface area contributed by atoms with Gasteiger partial charge in [0.05, 0.1) is 11.7 Å². The number of hydrogen-bond donors (Lipinski definition) is 1. The molecular weight excluding hydrogens is 326 g/mol. The summed E-state index contributed by atoms with van der Waals surface area (Å²) in [7, 11) is 0. The molecule has 0 unspecified atom stereocenters. The van der Waals surface area contributed by atoms with E-state index >= 15 is 0 Å². The molecule has 26 heavy (non-hydrogen) atoms. The van der Waals surface area contributed by atoms with Crippen molar-refractivity contribution in [3.8, 4) is 22.7 Å². The maximum absolute atomic E-state index is 12.9. The standard InChI is InChI=1S/C21H19N3O2/c1-21(2,3)17-12-22-20(26-17)18-19(25)15-10-9-14(11-16(15)23-24-18)13-7-5-4-6-8-13/h4-12H,1-3H3,(H,23,25). The lowest BCUT2D eigenvalue weighted by atomic mass is 9.94. The van der Waals surface area contributed by atoms with Crippen LogP contribution < -0.4 is 5.43 Å². The molecule has 0 bridgehead atoms. The number of fused-ring (bicyclic) bond motifs is 1. The third-order valence-corrected chi connectivity index (χ3v) is 4.32. The van der Waals surface area contributed by atoms with Crippen molar-refractivity contribution in [2.75, 3.05) is 0 Å². The van der Waals surface area contributed by atoms with Crippen LogP contribution in [-0.4, -0.2) is 15.2 Å². The van der Waals surface area contributed by atoms with Crippen LogP contribution in [0, 0.1) is 0 Å². The van der Waals surface area contributed by atoms with Crippen molar-refractivity contribution in [3.63, 3.8) is 0 Å². The second kappa shape index (κ2) is 5.95. The molecule has 1 N–H and O–H groups in total. The second-order valence-electron chi connectivity index (χ2n) is 7.31. The number of aromatic nitrogens is 3. The van der Waals surface area contributed by atoms with Crippen LogP contribution in [0.5, 0.6) is 0 Å². The molecule has 0 atom stereocenters. The van der Waals surface area contributed by atoms with Gasteiger partial charge in [-0.2, -0.15) is 5.10 Å². The molecule has 130 valence electrons. The summed E-state index contributed by atoms with van der Waals surface area (Å²) in [6.45, 7) is 6.08. The Balaban J connectivity index is 1.81. The lowest BCUT2D eigenvalue weighted by molar-refractivity contribution is 0.414. The van der Waals surface area contributed by atoms with Gasteiger partial charge in [0.1, 0.15) is 5.76 Å². The van der Waals surface area contributed by atoms with Gasteiger partial charge in [-0.25, -0.2) is 4.98 Å². The fraction of sp³-hybridized carbons (Fsp3) is 0.190. The van der Waals surface area contributed by atoms with Crippen molar-refractivity contribution >= 4 is 10.9 Å². The van der Waals surface area contributed by atoms with Gasteiger partial charge in [-0.1, -0.05) is 57.2 Å². The van der Waals surface area contributed by atoms with Crippen LogP contribution in [-0.2, 0) is 5.41 Å². The Kier molecular flexibility index (Phi) is 3.72. The molecule has 0 saturated heterocycles. The highest BCUT2D eigenvalue weighted by molar-refractivity contribution is 5.85. The molecule has 0 aliphatic rings. The third kappa shape index (κ3) is 2.81. The van der Waals surface area contributed by atoms with Gasteiger partial charge in [0.2, 0.25) is 5.43 Å². The van der Waals surface area contributed by atoms with Crippen molar-refractivity contribution in [2.24, 2.45) is 0 Å². The van der Waals surface area contributed by atoms with E-state index in [-0.39, 0.29) is 22.4 Å². The molecule has 0 aliphatic heterocycles. The lowest BCUT2D eigenvalue weighted by Gasteiger charge is -2.12. The summed E-state index contributed by atoms with van der Waals surface area (Å²) in [5.74, 6) is 0.957. The second-order valence-corrected chi connectivity index (χ2v) is 7.31. The number of benzene rings is 2. The van der Waals surface area contributed by atoms with Gasteiger partial charge in [0.25, 0.3) is 5.89 Å². The van der Waals surface area contributed by atoms with Crippen molar-refractivity contribution in [1.29, 1.82) is 0 Å². The highest BCUT2D eigenvalue weighted by atomic mass is 16.4. The minimum Gasteiger partial charge on any atom is -0.439 e. The molecule has 0 spiro atoms. The fourth-order valence-corrected chi connectivity index (χ4v) is 2.81. The summed E-state index contributed by atoms with van der Waals surface area (Å²) < 4.78 is 5.76. The zero-order chi connectivity index (χ0) is 18.3. The number of rotatable bonds is 2. The van der Waals surface area contributed by atoms with Crippen LogP contribution in [0.1, 0.15) is 26.5 Å². The van der Waals surface area contributed by atoms with Crippen molar-refractivity contribution < 1.29 is 4.42 Å². The van der Waals surface area contributed by atoms with Crippen LogP contribution in [0.2, 0.25) is 0 Å². The molecule has 4 rings (SSSR count). The van der Waals surface area contributed by atoms with E-state index in [1.165, 1.54) is 0 Å². The largest absolute Gasteiger partial charge is 0.439 e. The van der Waals surface area contributed by atoms with Crippen LogP contribution in [0.3, 0.4) is 0 Å². The van der Waals surface area contributed by atoms with Crippen molar-refractivity contribution in [3.05, 3.63) is 70.7 Å². The van der Waals surface area contributed by atoms with Gasteiger partial charge in [-0.3, -0.25) is 9.89 Å². The van der Waals surface area contributed by atoms with E-state index in [4.69, 9.17) is 4.42 Å². The molecular formula is C21H19N3O2. The summed E-state index contributed by atoms with van der Waals surface area (Å²) in [6, 6.07) is 15.7. The Hall–Kier alpha value is -3.21. The average Bonchev–Trinajstić information content (AvgIpc) is 3.13. The summed E-state index contributed by atoms with van der Waals surface area (Å²) in [4.78, 5) is 17.1. The van der Waals surface area contributed by atoms with Crippen LogP contribution in [0.25, 0.3) is 33.6 Å². The highest BCUT2D eigenvalue weighted by Crippen LogP contribution is 2.26. The Morgan fingerprint density at radius 2 is 1.77 bits per heavy atom. The van der Waals surface area contributed by atoms with E-state index in [0.29, 0.717) is 16.7 Å². The number of hydrogen-bond acceptors (Lipinski definition) is 4. The van der Waals surface area contributed by atoms with Crippen molar-refractivity contribution in [1.82, 2.24) is 15.2 Å². The summed E-state index contributed by atoms with van der Waals surface area (Å²) in [5.41, 5.74) is 2.61. The fourth-order valence-electron chi connectivity index (χ4n) is 2.81. The molecule has 2 heterocycles. The molecule has 2 aromatic carbocycles. The maximum atomic E-state index is 12.9. The zero-order valence-corrected chi connectivity index (χ0v) is 14.9. The minimum absolute atomic E-state index is 0.181. The van der Waals surface area contributed by atoms with Gasteiger partial charge >= 0.3 is 0 Å². The SMILES string of the molecule is CC(C)(C)c1cnc(-c2n[nH]c3cc(-c4ccccc4)ccc3c2=O)o1. The Morgan fingerprint density at radius 1 is 1.00 bits per heavy atom. The average molecular weight is 345 g/mol. The monoisotopic (exact) mass is 345 g/mol. The van der Waals surface area contributed by atoms with Crippen LogP contribution in [0.4, 0.5) is 0 Å². The number of nitrogens with zero attached hydrogens (tertiary/aromatic N) is 2. The molecule has 4 aromatic rings. The lowest BCUT2D eigenvalue weighted by Crippen LogP contribution is -2.10. The predicted octanol–water partition coefficient (Wildman–Crippen LogP) is 4.54. The first kappa shape index (κ1) is 16.3. The summed E-state index contributed by atoms with van der Waals surface area (Å²) >= 11 is 0. The zero-order valence-electron chi connectivity index (χ0n) is 14.9. The predicted molar refractivity (Wildman–Crippen MR) is 102 cm³/mol. The third-order valence-electron chi connectivity index (χ3n) is 4.32. The molecule has 2 aromatic heterocycles. The van der Waals surface area contributed by atoms with Gasteiger partial charge in [-0.15, -0.1) is 0 Å². The number of nitrogens with one attached hydrogen (secondary N) is 1. The quantitative estimate of drug-likeness (QED) is 0.579. The molecule has 5 heteroatoms. The Morgan fingerprint density at radius 3 is 2.46 bits per heavy atom. The Labute approximate surface area is 150 Å². The van der Waals surface area contributed by atoms with E-state index in [2.05, 4.69) is 15.2 Å². The summed E-state index contributed by atoms with van der Waals surface area (Å²) in [6.07, 6.45) is 1.65. The topological polar surface area (TPSA) is 71.8 Å². The van der Waals surface area contributed by atoms with E-state index in [9.17, 15) is 4.79 Å². The molecule has 0 radical (unpaired) electrons. The first-order valence-corrected chi connectivity index (χ1v) is 8.48. The molecule has 0 amide bonds. The van der Waals surface area contributed by atoms with Gasteiger partial charge < -0.3 is 4.42 Å². The molecule has 0 saturated carbocycles. The van der Waals surface area contributed by atoms with Gasteiger partial charge in [0.15, 0.2) is 5.69 Å². The first-order valence-electron chi connectivity index (χ1n) is 8.48. The molecule has 0 fully saturated rings. The van der Waals surface area contributed by atoms with Crippen LogP contribution >= 0.6 is 0 Å². The Bertz CT molecular complexity index is 1140. The minimum atomic E-state index is -0.194. The number of H-pyrrole nitrogens is 1. The van der Waals surface area contributed by atoms with E-state index in [1.807, 2.05) is 69.3 Å². The first-order chi connectivity index (χ1) is 12.4. The van der Waals surface area contributed by atoms with Crippen LogP contribution in [0.15, 0.2) is 63.9 Å².